The minimum atomic E-state index is -0.170. The standard InChI is InChI=1S/C10H14O2/c1-2-6-10(12-11)9-7-4-3-5-8-9/h3-5,7-8,10-11H,2,6H2,1H3. The van der Waals surface area contributed by atoms with E-state index in [4.69, 9.17) is 5.26 Å². The van der Waals surface area contributed by atoms with Gasteiger partial charge < -0.3 is 0 Å². The molecule has 0 aliphatic carbocycles. The molecule has 0 saturated heterocycles. The minimum Gasteiger partial charge on any atom is -0.251 e. The van der Waals surface area contributed by atoms with Crippen molar-refractivity contribution in [3.8, 4) is 0 Å². The average molecular weight is 166 g/mol. The van der Waals surface area contributed by atoms with Gasteiger partial charge in [0.1, 0.15) is 6.10 Å². The van der Waals surface area contributed by atoms with Crippen LogP contribution in [0.25, 0.3) is 0 Å². The van der Waals surface area contributed by atoms with Crippen LogP contribution in [0.4, 0.5) is 0 Å². The Hall–Kier alpha value is -0.860. The van der Waals surface area contributed by atoms with Crippen molar-refractivity contribution in [3.63, 3.8) is 0 Å². The van der Waals surface area contributed by atoms with Crippen LogP contribution in [0, 0.1) is 0 Å². The van der Waals surface area contributed by atoms with Gasteiger partial charge in [0, 0.05) is 0 Å². The maximum absolute atomic E-state index is 8.61. The molecule has 66 valence electrons. The molecular formula is C10H14O2. The van der Waals surface area contributed by atoms with Gasteiger partial charge in [-0.1, -0.05) is 43.7 Å². The highest BCUT2D eigenvalue weighted by Crippen LogP contribution is 2.20. The average Bonchev–Trinajstić information content (AvgIpc) is 2.15. The molecule has 0 aromatic heterocycles. The van der Waals surface area contributed by atoms with E-state index in [1.807, 2.05) is 30.3 Å². The van der Waals surface area contributed by atoms with Gasteiger partial charge in [0.2, 0.25) is 0 Å². The van der Waals surface area contributed by atoms with Crippen LogP contribution in [0.15, 0.2) is 30.3 Å². The lowest BCUT2D eigenvalue weighted by molar-refractivity contribution is -0.283. The zero-order chi connectivity index (χ0) is 8.81. The highest BCUT2D eigenvalue weighted by Gasteiger charge is 2.09. The van der Waals surface area contributed by atoms with Crippen molar-refractivity contribution in [2.24, 2.45) is 0 Å². The molecule has 0 aliphatic heterocycles. The van der Waals surface area contributed by atoms with E-state index in [2.05, 4.69) is 11.8 Å². The van der Waals surface area contributed by atoms with E-state index in [1.54, 1.807) is 0 Å². The molecule has 2 heteroatoms. The van der Waals surface area contributed by atoms with Crippen molar-refractivity contribution in [2.75, 3.05) is 0 Å². The zero-order valence-electron chi connectivity index (χ0n) is 7.23. The van der Waals surface area contributed by atoms with Gasteiger partial charge >= 0.3 is 0 Å². The first-order valence-corrected chi connectivity index (χ1v) is 4.23. The first-order valence-electron chi connectivity index (χ1n) is 4.23. The van der Waals surface area contributed by atoms with Crippen LogP contribution in [0.3, 0.4) is 0 Å². The van der Waals surface area contributed by atoms with E-state index in [0.717, 1.165) is 18.4 Å². The van der Waals surface area contributed by atoms with Gasteiger partial charge in [-0.3, -0.25) is 5.26 Å². The topological polar surface area (TPSA) is 29.5 Å². The molecule has 1 atom stereocenters. The van der Waals surface area contributed by atoms with Crippen molar-refractivity contribution in [1.29, 1.82) is 0 Å². The molecule has 1 unspecified atom stereocenters. The van der Waals surface area contributed by atoms with Crippen LogP contribution in [0.5, 0.6) is 0 Å². The van der Waals surface area contributed by atoms with E-state index < -0.39 is 0 Å². The van der Waals surface area contributed by atoms with Crippen LogP contribution < -0.4 is 0 Å². The molecule has 0 saturated carbocycles. The van der Waals surface area contributed by atoms with Crippen LogP contribution in [-0.2, 0) is 4.89 Å². The van der Waals surface area contributed by atoms with Gasteiger partial charge in [0.25, 0.3) is 0 Å². The Morgan fingerprint density at radius 3 is 2.50 bits per heavy atom. The lowest BCUT2D eigenvalue weighted by Gasteiger charge is -2.11. The van der Waals surface area contributed by atoms with Gasteiger partial charge in [-0.25, -0.2) is 4.89 Å². The second kappa shape index (κ2) is 4.91. The van der Waals surface area contributed by atoms with E-state index in [0.29, 0.717) is 0 Å². The van der Waals surface area contributed by atoms with Crippen molar-refractivity contribution < 1.29 is 10.1 Å². The summed E-state index contributed by atoms with van der Waals surface area (Å²) in [4.78, 5) is 4.38. The maximum Gasteiger partial charge on any atom is 0.118 e. The van der Waals surface area contributed by atoms with Gasteiger partial charge in [-0.2, -0.15) is 0 Å². The first kappa shape index (κ1) is 9.23. The van der Waals surface area contributed by atoms with Crippen molar-refractivity contribution in [2.45, 2.75) is 25.9 Å². The molecule has 0 fully saturated rings. The minimum absolute atomic E-state index is 0.170. The Kier molecular flexibility index (Phi) is 3.77. The quantitative estimate of drug-likeness (QED) is 0.550. The zero-order valence-corrected chi connectivity index (χ0v) is 7.23. The normalized spacial score (nSPS) is 12.8. The fraction of sp³-hybridized carbons (Fsp3) is 0.400. The SMILES string of the molecule is CCCC(OO)c1ccccc1. The number of rotatable bonds is 4. The van der Waals surface area contributed by atoms with Gasteiger partial charge in [0.15, 0.2) is 0 Å². The Morgan fingerprint density at radius 2 is 2.00 bits per heavy atom. The number of benzene rings is 1. The summed E-state index contributed by atoms with van der Waals surface area (Å²) in [6.45, 7) is 2.06. The van der Waals surface area contributed by atoms with Crippen LogP contribution >= 0.6 is 0 Å². The van der Waals surface area contributed by atoms with Crippen molar-refractivity contribution in [3.05, 3.63) is 35.9 Å². The molecule has 0 radical (unpaired) electrons. The summed E-state index contributed by atoms with van der Waals surface area (Å²) in [7, 11) is 0. The molecule has 0 amide bonds. The second-order valence-corrected chi connectivity index (χ2v) is 2.79. The molecule has 2 nitrogen and oxygen atoms in total. The second-order valence-electron chi connectivity index (χ2n) is 2.79. The predicted octanol–water partition coefficient (Wildman–Crippen LogP) is 3.02. The summed E-state index contributed by atoms with van der Waals surface area (Å²) in [5, 5.41) is 8.61. The smallest absolute Gasteiger partial charge is 0.118 e. The summed E-state index contributed by atoms with van der Waals surface area (Å²) < 4.78 is 0. The molecule has 0 bridgehead atoms. The predicted molar refractivity (Wildman–Crippen MR) is 47.8 cm³/mol. The number of hydrogen-bond acceptors (Lipinski definition) is 2. The molecule has 1 aromatic rings. The Balaban J connectivity index is 2.66. The Bertz CT molecular complexity index is 208. The molecule has 0 spiro atoms. The highest BCUT2D eigenvalue weighted by atomic mass is 17.1. The van der Waals surface area contributed by atoms with E-state index in [-0.39, 0.29) is 6.10 Å². The summed E-state index contributed by atoms with van der Waals surface area (Å²) in [5.74, 6) is 0. The monoisotopic (exact) mass is 166 g/mol. The molecule has 0 heterocycles. The molecular weight excluding hydrogens is 152 g/mol. The van der Waals surface area contributed by atoms with Gasteiger partial charge in [0.05, 0.1) is 0 Å². The Labute approximate surface area is 72.7 Å². The van der Waals surface area contributed by atoms with Crippen molar-refractivity contribution in [1.82, 2.24) is 0 Å². The largest absolute Gasteiger partial charge is 0.251 e. The van der Waals surface area contributed by atoms with E-state index >= 15 is 0 Å². The van der Waals surface area contributed by atoms with Gasteiger partial charge in [-0.15, -0.1) is 0 Å². The van der Waals surface area contributed by atoms with Crippen LogP contribution in [-0.4, -0.2) is 5.26 Å². The third-order valence-corrected chi connectivity index (χ3v) is 1.85. The summed E-state index contributed by atoms with van der Waals surface area (Å²) in [6.07, 6.45) is 1.68. The third-order valence-electron chi connectivity index (χ3n) is 1.85. The lowest BCUT2D eigenvalue weighted by Crippen LogP contribution is -2.00. The van der Waals surface area contributed by atoms with Crippen LogP contribution in [0.2, 0.25) is 0 Å². The molecule has 1 rings (SSSR count). The van der Waals surface area contributed by atoms with Crippen molar-refractivity contribution >= 4 is 0 Å². The van der Waals surface area contributed by atoms with E-state index in [1.165, 1.54) is 0 Å². The first-order chi connectivity index (χ1) is 5.88. The maximum atomic E-state index is 8.61. The lowest BCUT2D eigenvalue weighted by atomic mass is 10.1. The summed E-state index contributed by atoms with van der Waals surface area (Å²) in [6, 6.07) is 9.74. The van der Waals surface area contributed by atoms with Crippen LogP contribution in [0.1, 0.15) is 31.4 Å². The molecule has 12 heavy (non-hydrogen) atoms. The fourth-order valence-electron chi connectivity index (χ4n) is 1.21. The molecule has 1 N–H and O–H groups in total. The van der Waals surface area contributed by atoms with Gasteiger partial charge in [-0.05, 0) is 12.0 Å². The van der Waals surface area contributed by atoms with E-state index in [9.17, 15) is 0 Å². The summed E-state index contributed by atoms with van der Waals surface area (Å²) in [5.41, 5.74) is 1.03. The molecule has 0 aliphatic rings. The Morgan fingerprint density at radius 1 is 1.33 bits per heavy atom. The number of hydrogen-bond donors (Lipinski definition) is 1. The molecule has 1 aromatic carbocycles. The summed E-state index contributed by atoms with van der Waals surface area (Å²) >= 11 is 0. The third kappa shape index (κ3) is 2.32. The fourth-order valence-corrected chi connectivity index (χ4v) is 1.21. The highest BCUT2D eigenvalue weighted by molar-refractivity contribution is 5.17.